The van der Waals surface area contributed by atoms with Gasteiger partial charge in [-0.1, -0.05) is 0 Å². The molecule has 0 amide bonds. The second kappa shape index (κ2) is 5.23. The topological polar surface area (TPSA) is 88.2 Å². The predicted molar refractivity (Wildman–Crippen MR) is 73.0 cm³/mol. The average Bonchev–Trinajstić information content (AvgIpc) is 2.36. The highest BCUT2D eigenvalue weighted by Gasteiger charge is 2.12. The Labute approximate surface area is 116 Å². The fourth-order valence-electron chi connectivity index (χ4n) is 1.47. The summed E-state index contributed by atoms with van der Waals surface area (Å²) < 4.78 is 13.4. The van der Waals surface area contributed by atoms with E-state index in [0.29, 0.717) is 5.69 Å². The first-order chi connectivity index (χ1) is 8.99. The van der Waals surface area contributed by atoms with Crippen molar-refractivity contribution in [3.63, 3.8) is 0 Å². The highest BCUT2D eigenvalue weighted by Crippen LogP contribution is 2.26. The van der Waals surface area contributed by atoms with Crippen molar-refractivity contribution in [2.75, 3.05) is 11.1 Å². The van der Waals surface area contributed by atoms with Gasteiger partial charge in [-0.2, -0.15) is 0 Å². The summed E-state index contributed by atoms with van der Waals surface area (Å²) in [6.45, 7) is 0. The number of hydrogen-bond acceptors (Lipinski definition) is 4. The number of nitrogens with one attached hydrogen (secondary N) is 1. The maximum atomic E-state index is 13.1. The highest BCUT2D eigenvalue weighted by atomic mass is 79.9. The molecule has 0 saturated carbocycles. The number of rotatable bonds is 3. The van der Waals surface area contributed by atoms with Crippen molar-refractivity contribution in [1.29, 1.82) is 0 Å². The van der Waals surface area contributed by atoms with Crippen LogP contribution < -0.4 is 11.1 Å². The smallest absolute Gasteiger partial charge is 0.337 e. The monoisotopic (exact) mass is 325 g/mol. The molecule has 0 saturated heterocycles. The molecule has 0 atom stereocenters. The molecule has 7 heteroatoms. The number of carbonyl (C=O) groups is 1. The SMILES string of the molecule is Nc1c(C(=O)O)ccnc1Nc1ccc(F)c(Br)c1. The first kappa shape index (κ1) is 13.3. The van der Waals surface area contributed by atoms with E-state index < -0.39 is 11.8 Å². The van der Waals surface area contributed by atoms with Gasteiger partial charge in [0.1, 0.15) is 5.82 Å². The maximum Gasteiger partial charge on any atom is 0.337 e. The fourth-order valence-corrected chi connectivity index (χ4v) is 1.85. The molecule has 0 aliphatic rings. The van der Waals surface area contributed by atoms with E-state index in [9.17, 15) is 9.18 Å². The van der Waals surface area contributed by atoms with Gasteiger partial charge < -0.3 is 16.2 Å². The Morgan fingerprint density at radius 1 is 1.42 bits per heavy atom. The number of aromatic nitrogens is 1. The minimum atomic E-state index is -1.14. The summed E-state index contributed by atoms with van der Waals surface area (Å²) in [4.78, 5) is 14.9. The van der Waals surface area contributed by atoms with Crippen LogP contribution in [0.2, 0.25) is 0 Å². The molecule has 1 heterocycles. The van der Waals surface area contributed by atoms with Crippen LogP contribution in [0, 0.1) is 5.82 Å². The number of aromatic carboxylic acids is 1. The van der Waals surface area contributed by atoms with Crippen molar-refractivity contribution in [3.8, 4) is 0 Å². The third kappa shape index (κ3) is 2.82. The Morgan fingerprint density at radius 2 is 2.16 bits per heavy atom. The van der Waals surface area contributed by atoms with Crippen LogP contribution in [0.1, 0.15) is 10.4 Å². The quantitative estimate of drug-likeness (QED) is 0.807. The van der Waals surface area contributed by atoms with Crippen LogP contribution in [-0.4, -0.2) is 16.1 Å². The Hall–Kier alpha value is -2.15. The zero-order valence-electron chi connectivity index (χ0n) is 9.52. The zero-order valence-corrected chi connectivity index (χ0v) is 11.1. The lowest BCUT2D eigenvalue weighted by molar-refractivity contribution is 0.0698. The summed E-state index contributed by atoms with van der Waals surface area (Å²) in [5, 5.41) is 11.8. The molecule has 2 aromatic rings. The number of pyridine rings is 1. The molecule has 2 rings (SSSR count). The molecule has 0 aliphatic heterocycles. The van der Waals surface area contributed by atoms with Gasteiger partial charge in [-0.15, -0.1) is 0 Å². The fraction of sp³-hybridized carbons (Fsp3) is 0. The first-order valence-corrected chi connectivity index (χ1v) is 5.98. The van der Waals surface area contributed by atoms with E-state index in [0.717, 1.165) is 0 Å². The molecule has 0 fully saturated rings. The average molecular weight is 326 g/mol. The largest absolute Gasteiger partial charge is 0.478 e. The first-order valence-electron chi connectivity index (χ1n) is 5.19. The molecule has 0 bridgehead atoms. The molecule has 0 spiro atoms. The highest BCUT2D eigenvalue weighted by molar-refractivity contribution is 9.10. The number of hydrogen-bond donors (Lipinski definition) is 3. The maximum absolute atomic E-state index is 13.1. The molecule has 1 aromatic heterocycles. The van der Waals surface area contributed by atoms with Gasteiger partial charge in [0.25, 0.3) is 0 Å². The Balaban J connectivity index is 2.35. The van der Waals surface area contributed by atoms with Gasteiger partial charge in [0.2, 0.25) is 0 Å². The van der Waals surface area contributed by atoms with E-state index in [-0.39, 0.29) is 21.5 Å². The summed E-state index contributed by atoms with van der Waals surface area (Å²) in [7, 11) is 0. The second-order valence-corrected chi connectivity index (χ2v) is 4.53. The standard InChI is InChI=1S/C12H9BrFN3O2/c13-8-5-6(1-2-9(8)14)17-11-10(15)7(12(18)19)3-4-16-11/h1-5H,15H2,(H,16,17)(H,18,19). The number of carboxylic acids is 1. The number of halogens is 2. The van der Waals surface area contributed by atoms with Gasteiger partial charge in [-0.05, 0) is 40.2 Å². The third-order valence-electron chi connectivity index (χ3n) is 2.40. The summed E-state index contributed by atoms with van der Waals surface area (Å²) >= 11 is 3.05. The lowest BCUT2D eigenvalue weighted by atomic mass is 10.2. The van der Waals surface area contributed by atoms with Crippen LogP contribution in [0.15, 0.2) is 34.9 Å². The molecule has 5 nitrogen and oxygen atoms in total. The van der Waals surface area contributed by atoms with Crippen molar-refractivity contribution < 1.29 is 14.3 Å². The molecule has 1 aromatic carbocycles. The van der Waals surface area contributed by atoms with Gasteiger partial charge in [0.05, 0.1) is 15.7 Å². The number of nitrogens with two attached hydrogens (primary N) is 1. The van der Waals surface area contributed by atoms with Crippen molar-refractivity contribution in [3.05, 3.63) is 46.3 Å². The molecule has 19 heavy (non-hydrogen) atoms. The van der Waals surface area contributed by atoms with Crippen molar-refractivity contribution >= 4 is 39.1 Å². The van der Waals surface area contributed by atoms with Gasteiger partial charge >= 0.3 is 5.97 Å². The van der Waals surface area contributed by atoms with Crippen LogP contribution in [-0.2, 0) is 0 Å². The lowest BCUT2D eigenvalue weighted by Gasteiger charge is -2.10. The molecular formula is C12H9BrFN3O2. The molecule has 98 valence electrons. The van der Waals surface area contributed by atoms with Gasteiger partial charge in [-0.3, -0.25) is 0 Å². The summed E-state index contributed by atoms with van der Waals surface area (Å²) in [5.41, 5.74) is 6.23. The van der Waals surface area contributed by atoms with Crippen LogP contribution in [0.4, 0.5) is 21.6 Å². The Morgan fingerprint density at radius 3 is 2.79 bits per heavy atom. The number of nitrogen functional groups attached to an aromatic ring is 1. The number of benzene rings is 1. The predicted octanol–water partition coefficient (Wildman–Crippen LogP) is 3.01. The summed E-state index contributed by atoms with van der Waals surface area (Å²) in [5.74, 6) is -1.33. The third-order valence-corrected chi connectivity index (χ3v) is 3.01. The Bertz CT molecular complexity index is 649. The van der Waals surface area contributed by atoms with Crippen LogP contribution >= 0.6 is 15.9 Å². The molecular weight excluding hydrogens is 317 g/mol. The minimum Gasteiger partial charge on any atom is -0.478 e. The van der Waals surface area contributed by atoms with Crippen LogP contribution in [0.25, 0.3) is 0 Å². The van der Waals surface area contributed by atoms with Gasteiger partial charge in [0, 0.05) is 11.9 Å². The second-order valence-electron chi connectivity index (χ2n) is 3.68. The van der Waals surface area contributed by atoms with Crippen LogP contribution in [0.3, 0.4) is 0 Å². The van der Waals surface area contributed by atoms with Gasteiger partial charge in [-0.25, -0.2) is 14.2 Å². The number of anilines is 3. The van der Waals surface area contributed by atoms with Gasteiger partial charge in [0.15, 0.2) is 5.82 Å². The van der Waals surface area contributed by atoms with E-state index >= 15 is 0 Å². The molecule has 0 unspecified atom stereocenters. The van der Waals surface area contributed by atoms with Crippen molar-refractivity contribution in [2.24, 2.45) is 0 Å². The van der Waals surface area contributed by atoms with E-state index in [1.165, 1.54) is 30.5 Å². The minimum absolute atomic E-state index is 0.0236. The van der Waals surface area contributed by atoms with E-state index in [2.05, 4.69) is 26.2 Å². The lowest BCUT2D eigenvalue weighted by Crippen LogP contribution is -2.07. The van der Waals surface area contributed by atoms with E-state index in [1.807, 2.05) is 0 Å². The Kier molecular flexibility index (Phi) is 3.66. The zero-order chi connectivity index (χ0) is 14.0. The normalized spacial score (nSPS) is 10.2. The molecule has 0 radical (unpaired) electrons. The van der Waals surface area contributed by atoms with E-state index in [1.54, 1.807) is 0 Å². The van der Waals surface area contributed by atoms with Crippen molar-refractivity contribution in [2.45, 2.75) is 0 Å². The summed E-state index contributed by atoms with van der Waals surface area (Å²) in [6.07, 6.45) is 1.33. The number of carboxylic acid groups (broad SMARTS) is 1. The van der Waals surface area contributed by atoms with E-state index in [4.69, 9.17) is 10.8 Å². The molecule has 0 aliphatic carbocycles. The summed E-state index contributed by atoms with van der Waals surface area (Å²) in [6, 6.07) is 5.58. The van der Waals surface area contributed by atoms with Crippen LogP contribution in [0.5, 0.6) is 0 Å². The van der Waals surface area contributed by atoms with Crippen molar-refractivity contribution in [1.82, 2.24) is 4.98 Å². The number of nitrogens with zero attached hydrogens (tertiary/aromatic N) is 1. The molecule has 4 N–H and O–H groups in total.